The van der Waals surface area contributed by atoms with Crippen LogP contribution in [0.15, 0.2) is 67.0 Å². The van der Waals surface area contributed by atoms with Gasteiger partial charge in [-0.2, -0.15) is 5.10 Å². The molecule has 3 heterocycles. The Bertz CT molecular complexity index is 1490. The molecule has 1 aliphatic heterocycles. The smallest absolute Gasteiger partial charge is 0.227 e. The Hall–Kier alpha value is -4.12. The summed E-state index contributed by atoms with van der Waals surface area (Å²) in [5.74, 6) is 0.738. The zero-order valence-corrected chi connectivity index (χ0v) is 23.7. The van der Waals surface area contributed by atoms with Crippen molar-refractivity contribution in [3.05, 3.63) is 72.6 Å². The number of anilines is 3. The lowest BCUT2D eigenvalue weighted by molar-refractivity contribution is -0.117. The van der Waals surface area contributed by atoms with Crippen LogP contribution in [0, 0.1) is 5.92 Å². The van der Waals surface area contributed by atoms with Crippen LogP contribution < -0.4 is 10.6 Å². The second-order valence-electron chi connectivity index (χ2n) is 10.9. The van der Waals surface area contributed by atoms with Gasteiger partial charge < -0.3 is 20.5 Å². The molecule has 6 rings (SSSR count). The molecular weight excluding hydrogens is 530 g/mol. The van der Waals surface area contributed by atoms with E-state index in [0.29, 0.717) is 18.9 Å². The van der Waals surface area contributed by atoms with Gasteiger partial charge in [0.25, 0.3) is 0 Å². The minimum absolute atomic E-state index is 0.0837. The first-order valence-corrected chi connectivity index (χ1v) is 14.7. The second kappa shape index (κ2) is 13.2. The molecule has 1 saturated carbocycles. The largest absolute Gasteiger partial charge is 0.396 e. The molecular formula is C32H37N7O3. The molecule has 2 aliphatic rings. The number of nitrogens with one attached hydrogen (secondary N) is 2. The van der Waals surface area contributed by atoms with Gasteiger partial charge in [0.05, 0.1) is 18.9 Å². The number of morpholine rings is 1. The Kier molecular flexibility index (Phi) is 8.83. The minimum Gasteiger partial charge on any atom is -0.396 e. The molecule has 0 unspecified atom stereocenters. The van der Waals surface area contributed by atoms with Crippen molar-refractivity contribution in [2.75, 3.05) is 50.1 Å². The third-order valence-electron chi connectivity index (χ3n) is 7.62. The number of aryl methyl sites for hydroxylation is 1. The van der Waals surface area contributed by atoms with Crippen LogP contribution in [0.3, 0.4) is 0 Å². The Morgan fingerprint density at radius 3 is 2.64 bits per heavy atom. The highest BCUT2D eigenvalue weighted by Gasteiger charge is 2.29. The number of amides is 1. The van der Waals surface area contributed by atoms with E-state index in [1.165, 1.54) is 5.56 Å². The van der Waals surface area contributed by atoms with Crippen molar-refractivity contribution in [2.24, 2.45) is 5.92 Å². The minimum atomic E-state index is 0.0837. The van der Waals surface area contributed by atoms with E-state index in [9.17, 15) is 9.90 Å². The average Bonchev–Trinajstić information content (AvgIpc) is 3.80. The summed E-state index contributed by atoms with van der Waals surface area (Å²) in [6.45, 7) is 5.27. The molecule has 42 heavy (non-hydrogen) atoms. The van der Waals surface area contributed by atoms with Gasteiger partial charge in [-0.05, 0) is 61.6 Å². The molecule has 10 nitrogen and oxygen atoms in total. The maximum absolute atomic E-state index is 12.2. The van der Waals surface area contributed by atoms with Crippen molar-refractivity contribution in [2.45, 2.75) is 32.2 Å². The topological polar surface area (TPSA) is 117 Å². The van der Waals surface area contributed by atoms with Crippen LogP contribution in [-0.2, 0) is 22.5 Å². The van der Waals surface area contributed by atoms with Gasteiger partial charge >= 0.3 is 0 Å². The lowest BCUT2D eigenvalue weighted by Gasteiger charge is -2.26. The predicted octanol–water partition coefficient (Wildman–Crippen LogP) is 4.36. The van der Waals surface area contributed by atoms with Gasteiger partial charge in [0, 0.05) is 73.6 Å². The quantitative estimate of drug-likeness (QED) is 0.231. The number of benzene rings is 2. The van der Waals surface area contributed by atoms with Crippen LogP contribution in [0.2, 0.25) is 0 Å². The Labute approximate surface area is 245 Å². The molecule has 2 fully saturated rings. The summed E-state index contributed by atoms with van der Waals surface area (Å²) in [5.41, 5.74) is 6.28. The molecule has 4 aromatic rings. The lowest BCUT2D eigenvalue weighted by atomic mass is 10.1. The van der Waals surface area contributed by atoms with Gasteiger partial charge in [-0.25, -0.2) is 9.97 Å². The molecule has 0 bridgehead atoms. The predicted molar refractivity (Wildman–Crippen MR) is 162 cm³/mol. The van der Waals surface area contributed by atoms with Crippen LogP contribution in [0.25, 0.3) is 22.5 Å². The molecule has 0 atom stereocenters. The standard InChI is InChI=1S/C32H37N7O3/c40-18-2-14-39-22-28(30(37-39)24-7-9-26(10-8-24)34-31(41)25-5-6-25)29-11-13-33-32(36-29)35-27-4-1-3-23(21-27)12-15-38-16-19-42-20-17-38/h1,3-4,7-11,13,21-22,25,40H,2,5-6,12,14-20H2,(H,34,41)(H,33,35,36). The van der Waals surface area contributed by atoms with Crippen LogP contribution in [0.5, 0.6) is 0 Å². The number of carbonyl (C=O) groups is 1. The van der Waals surface area contributed by atoms with Crippen molar-refractivity contribution < 1.29 is 14.6 Å². The van der Waals surface area contributed by atoms with Crippen molar-refractivity contribution in [3.63, 3.8) is 0 Å². The van der Waals surface area contributed by atoms with Crippen LogP contribution in [-0.4, -0.2) is 75.1 Å². The molecule has 1 aliphatic carbocycles. The summed E-state index contributed by atoms with van der Waals surface area (Å²) < 4.78 is 7.31. The van der Waals surface area contributed by atoms with Crippen LogP contribution in [0.4, 0.5) is 17.3 Å². The Balaban J connectivity index is 1.20. The lowest BCUT2D eigenvalue weighted by Crippen LogP contribution is -2.37. The number of carbonyl (C=O) groups excluding carboxylic acids is 1. The molecule has 2 aromatic carbocycles. The Morgan fingerprint density at radius 2 is 1.86 bits per heavy atom. The highest BCUT2D eigenvalue weighted by atomic mass is 16.5. The van der Waals surface area contributed by atoms with E-state index < -0.39 is 0 Å². The van der Waals surface area contributed by atoms with Gasteiger partial charge in [-0.1, -0.05) is 24.3 Å². The molecule has 3 N–H and O–H groups in total. The summed E-state index contributed by atoms with van der Waals surface area (Å²) in [5, 5.41) is 20.6. The SMILES string of the molecule is O=C(Nc1ccc(-c2nn(CCCO)cc2-c2ccnc(Nc3cccc(CCN4CCOCC4)c3)n2)cc1)C1CC1. The maximum atomic E-state index is 12.2. The molecule has 1 saturated heterocycles. The molecule has 1 amide bonds. The van der Waals surface area contributed by atoms with E-state index in [1.54, 1.807) is 6.20 Å². The van der Waals surface area contributed by atoms with Crippen molar-refractivity contribution in [3.8, 4) is 22.5 Å². The van der Waals surface area contributed by atoms with Gasteiger partial charge in [0.2, 0.25) is 11.9 Å². The molecule has 2 aromatic heterocycles. The first kappa shape index (κ1) is 28.0. The number of aliphatic hydroxyl groups excluding tert-OH is 1. The zero-order chi connectivity index (χ0) is 28.7. The van der Waals surface area contributed by atoms with E-state index in [0.717, 1.165) is 86.0 Å². The number of aliphatic hydroxyl groups is 1. The molecule has 218 valence electrons. The van der Waals surface area contributed by atoms with E-state index in [-0.39, 0.29) is 18.4 Å². The number of nitrogens with zero attached hydrogens (tertiary/aromatic N) is 5. The molecule has 0 spiro atoms. The summed E-state index contributed by atoms with van der Waals surface area (Å²) >= 11 is 0. The highest BCUT2D eigenvalue weighted by molar-refractivity contribution is 5.94. The Morgan fingerprint density at radius 1 is 1.02 bits per heavy atom. The number of ether oxygens (including phenoxy) is 1. The maximum Gasteiger partial charge on any atom is 0.227 e. The van der Waals surface area contributed by atoms with Gasteiger partial charge in [-0.15, -0.1) is 0 Å². The van der Waals surface area contributed by atoms with Gasteiger partial charge in [0.1, 0.15) is 5.69 Å². The van der Waals surface area contributed by atoms with Crippen LogP contribution >= 0.6 is 0 Å². The average molecular weight is 568 g/mol. The number of rotatable bonds is 12. The number of hydrogen-bond acceptors (Lipinski definition) is 8. The summed E-state index contributed by atoms with van der Waals surface area (Å²) in [7, 11) is 0. The van der Waals surface area contributed by atoms with Gasteiger partial charge in [0.15, 0.2) is 0 Å². The molecule has 0 radical (unpaired) electrons. The molecule has 10 heteroatoms. The number of aromatic nitrogens is 4. The number of hydrogen-bond donors (Lipinski definition) is 3. The van der Waals surface area contributed by atoms with Crippen molar-refractivity contribution >= 4 is 23.2 Å². The summed E-state index contributed by atoms with van der Waals surface area (Å²) in [6, 6.07) is 18.0. The third kappa shape index (κ3) is 7.20. The third-order valence-corrected chi connectivity index (χ3v) is 7.62. The fourth-order valence-electron chi connectivity index (χ4n) is 5.09. The highest BCUT2D eigenvalue weighted by Crippen LogP contribution is 2.33. The van der Waals surface area contributed by atoms with E-state index in [4.69, 9.17) is 14.8 Å². The van der Waals surface area contributed by atoms with E-state index in [1.807, 2.05) is 47.3 Å². The monoisotopic (exact) mass is 567 g/mol. The summed E-state index contributed by atoms with van der Waals surface area (Å²) in [6.07, 6.45) is 7.22. The fraction of sp³-hybridized carbons (Fsp3) is 0.375. The van der Waals surface area contributed by atoms with Crippen LogP contribution in [0.1, 0.15) is 24.8 Å². The van der Waals surface area contributed by atoms with Gasteiger partial charge in [-0.3, -0.25) is 14.4 Å². The first-order valence-electron chi connectivity index (χ1n) is 14.7. The van der Waals surface area contributed by atoms with E-state index in [2.05, 4.69) is 38.7 Å². The van der Waals surface area contributed by atoms with Crippen molar-refractivity contribution in [1.29, 1.82) is 0 Å². The van der Waals surface area contributed by atoms with Crippen molar-refractivity contribution in [1.82, 2.24) is 24.6 Å². The zero-order valence-electron chi connectivity index (χ0n) is 23.7. The summed E-state index contributed by atoms with van der Waals surface area (Å²) in [4.78, 5) is 23.9. The fourth-order valence-corrected chi connectivity index (χ4v) is 5.09. The second-order valence-corrected chi connectivity index (χ2v) is 10.9. The van der Waals surface area contributed by atoms with E-state index >= 15 is 0 Å². The normalized spacial score (nSPS) is 15.5. The first-order chi connectivity index (χ1) is 20.6.